The van der Waals surface area contributed by atoms with Gasteiger partial charge in [-0.3, -0.25) is 4.79 Å². The van der Waals surface area contributed by atoms with Crippen LogP contribution in [0.25, 0.3) is 0 Å². The van der Waals surface area contributed by atoms with Crippen molar-refractivity contribution in [2.75, 3.05) is 6.54 Å². The lowest BCUT2D eigenvalue weighted by atomic mass is 10.0. The Kier molecular flexibility index (Phi) is 3.16. The first-order valence-corrected chi connectivity index (χ1v) is 6.85. The van der Waals surface area contributed by atoms with Crippen molar-refractivity contribution in [3.63, 3.8) is 0 Å². The van der Waals surface area contributed by atoms with Crippen LogP contribution in [-0.2, 0) is 0 Å². The molecule has 1 fully saturated rings. The Morgan fingerprint density at radius 3 is 2.87 bits per heavy atom. The highest BCUT2D eigenvalue weighted by Gasteiger charge is 2.40. The minimum atomic E-state index is 0.0524. The Bertz CT molecular complexity index is 370. The molecule has 15 heavy (non-hydrogen) atoms. The number of rotatable bonds is 4. The molecule has 0 aliphatic heterocycles. The monoisotopic (exact) mass is 287 g/mol. The van der Waals surface area contributed by atoms with Crippen molar-refractivity contribution in [2.45, 2.75) is 26.2 Å². The molecule has 0 radical (unpaired) electrons. The molecule has 1 N–H and O–H groups in total. The smallest absolute Gasteiger partial charge is 0.262 e. The Labute approximate surface area is 102 Å². The van der Waals surface area contributed by atoms with E-state index < -0.39 is 0 Å². The molecule has 2 rings (SSSR count). The fourth-order valence-corrected chi connectivity index (χ4v) is 3.10. The fraction of sp³-hybridized carbons (Fsp3) is 0.545. The summed E-state index contributed by atoms with van der Waals surface area (Å²) >= 11 is 4.85. The van der Waals surface area contributed by atoms with Crippen molar-refractivity contribution in [1.82, 2.24) is 5.32 Å². The Morgan fingerprint density at radius 2 is 2.40 bits per heavy atom. The maximum absolute atomic E-state index is 11.8. The summed E-state index contributed by atoms with van der Waals surface area (Å²) in [7, 11) is 0. The Balaban J connectivity index is 1.91. The van der Waals surface area contributed by atoms with E-state index in [-0.39, 0.29) is 5.91 Å². The number of amides is 1. The lowest BCUT2D eigenvalue weighted by Crippen LogP contribution is -2.29. The second-order valence-corrected chi connectivity index (χ2v) is 5.90. The lowest BCUT2D eigenvalue weighted by molar-refractivity contribution is 0.0948. The predicted molar refractivity (Wildman–Crippen MR) is 66.3 cm³/mol. The van der Waals surface area contributed by atoms with Gasteiger partial charge in [-0.1, -0.05) is 6.92 Å². The molecule has 1 aromatic rings. The highest BCUT2D eigenvalue weighted by atomic mass is 79.9. The van der Waals surface area contributed by atoms with Crippen molar-refractivity contribution >= 4 is 33.2 Å². The number of thiophene rings is 1. The minimum absolute atomic E-state index is 0.0524. The minimum Gasteiger partial charge on any atom is -0.351 e. The predicted octanol–water partition coefficient (Wildman–Crippen LogP) is 3.43. The molecule has 82 valence electrons. The van der Waals surface area contributed by atoms with E-state index in [9.17, 15) is 4.79 Å². The summed E-state index contributed by atoms with van der Waals surface area (Å²) in [4.78, 5) is 12.6. The molecule has 1 saturated carbocycles. The van der Waals surface area contributed by atoms with Crippen LogP contribution < -0.4 is 5.32 Å². The van der Waals surface area contributed by atoms with Gasteiger partial charge in [-0.25, -0.2) is 0 Å². The van der Waals surface area contributed by atoms with E-state index in [1.807, 2.05) is 11.4 Å². The lowest BCUT2D eigenvalue weighted by Gasteiger charge is -2.12. The zero-order valence-electron chi connectivity index (χ0n) is 8.68. The van der Waals surface area contributed by atoms with Crippen molar-refractivity contribution in [2.24, 2.45) is 5.41 Å². The van der Waals surface area contributed by atoms with Crippen LogP contribution in [0.5, 0.6) is 0 Å². The van der Waals surface area contributed by atoms with E-state index in [0.717, 1.165) is 15.9 Å². The van der Waals surface area contributed by atoms with E-state index in [4.69, 9.17) is 0 Å². The van der Waals surface area contributed by atoms with Gasteiger partial charge in [0, 0.05) is 11.0 Å². The second-order valence-electron chi connectivity index (χ2n) is 4.13. The standard InChI is InChI=1S/C11H14BrNOS/c1-2-11(4-5-11)7-13-10(14)9-8(12)3-6-15-9/h3,6H,2,4-5,7H2,1H3,(H,13,14). The molecule has 0 spiro atoms. The first-order chi connectivity index (χ1) is 7.17. The number of carbonyl (C=O) groups is 1. The topological polar surface area (TPSA) is 29.1 Å². The van der Waals surface area contributed by atoms with Gasteiger partial charge in [-0.2, -0.15) is 0 Å². The van der Waals surface area contributed by atoms with Gasteiger partial charge in [0.1, 0.15) is 4.88 Å². The van der Waals surface area contributed by atoms with Gasteiger partial charge in [0.05, 0.1) is 0 Å². The van der Waals surface area contributed by atoms with Crippen molar-refractivity contribution in [3.05, 3.63) is 20.8 Å². The second kappa shape index (κ2) is 4.26. The molecule has 0 bridgehead atoms. The van der Waals surface area contributed by atoms with Gasteiger partial charge in [0.15, 0.2) is 0 Å². The Morgan fingerprint density at radius 1 is 1.67 bits per heavy atom. The van der Waals surface area contributed by atoms with E-state index in [2.05, 4.69) is 28.2 Å². The molecule has 4 heteroatoms. The molecule has 1 aromatic heterocycles. The van der Waals surface area contributed by atoms with Crippen LogP contribution >= 0.6 is 27.3 Å². The van der Waals surface area contributed by atoms with E-state index in [0.29, 0.717) is 5.41 Å². The van der Waals surface area contributed by atoms with Crippen LogP contribution in [0.3, 0.4) is 0 Å². The first-order valence-electron chi connectivity index (χ1n) is 5.18. The van der Waals surface area contributed by atoms with Crippen LogP contribution in [0.1, 0.15) is 35.9 Å². The van der Waals surface area contributed by atoms with E-state index >= 15 is 0 Å². The summed E-state index contributed by atoms with van der Waals surface area (Å²) in [6.45, 7) is 3.02. The third kappa shape index (κ3) is 2.42. The SMILES string of the molecule is CCC1(CNC(=O)c2sccc2Br)CC1. The fourth-order valence-electron chi connectivity index (χ4n) is 1.64. The van der Waals surface area contributed by atoms with Gasteiger partial charge in [0.25, 0.3) is 5.91 Å². The summed E-state index contributed by atoms with van der Waals surface area (Å²) in [6.07, 6.45) is 3.68. The molecule has 0 atom stereocenters. The highest BCUT2D eigenvalue weighted by molar-refractivity contribution is 9.10. The van der Waals surface area contributed by atoms with Gasteiger partial charge in [-0.15, -0.1) is 11.3 Å². The van der Waals surface area contributed by atoms with E-state index in [1.165, 1.54) is 30.6 Å². The molecule has 1 aliphatic carbocycles. The average Bonchev–Trinajstić information content (AvgIpc) is 2.91. The number of nitrogens with one attached hydrogen (secondary N) is 1. The van der Waals surface area contributed by atoms with Gasteiger partial charge in [-0.05, 0) is 52.1 Å². The van der Waals surface area contributed by atoms with Crippen LogP contribution in [0.2, 0.25) is 0 Å². The van der Waals surface area contributed by atoms with Crippen molar-refractivity contribution in [3.8, 4) is 0 Å². The summed E-state index contributed by atoms with van der Waals surface area (Å²) in [5, 5.41) is 4.94. The van der Waals surface area contributed by atoms with Gasteiger partial charge in [0.2, 0.25) is 0 Å². The molecule has 1 heterocycles. The first kappa shape index (κ1) is 11.1. The normalized spacial score (nSPS) is 17.5. The number of hydrogen-bond acceptors (Lipinski definition) is 2. The van der Waals surface area contributed by atoms with Crippen molar-refractivity contribution in [1.29, 1.82) is 0 Å². The summed E-state index contributed by atoms with van der Waals surface area (Å²) in [5.74, 6) is 0.0524. The molecule has 0 saturated heterocycles. The maximum atomic E-state index is 11.8. The zero-order chi connectivity index (χ0) is 10.9. The molecular weight excluding hydrogens is 274 g/mol. The maximum Gasteiger partial charge on any atom is 0.262 e. The van der Waals surface area contributed by atoms with Crippen LogP contribution in [0.4, 0.5) is 0 Å². The zero-order valence-corrected chi connectivity index (χ0v) is 11.1. The molecule has 2 nitrogen and oxygen atoms in total. The largest absolute Gasteiger partial charge is 0.351 e. The van der Waals surface area contributed by atoms with Gasteiger partial charge < -0.3 is 5.32 Å². The number of halogens is 1. The third-order valence-electron chi connectivity index (χ3n) is 3.15. The molecule has 1 aliphatic rings. The van der Waals surface area contributed by atoms with Crippen LogP contribution in [0.15, 0.2) is 15.9 Å². The molecular formula is C11H14BrNOS. The average molecular weight is 288 g/mol. The van der Waals surface area contributed by atoms with Crippen LogP contribution in [0, 0.1) is 5.41 Å². The number of carbonyl (C=O) groups excluding carboxylic acids is 1. The summed E-state index contributed by atoms with van der Waals surface area (Å²) in [5.41, 5.74) is 0.416. The molecule has 0 aromatic carbocycles. The molecule has 0 unspecified atom stereocenters. The Hall–Kier alpha value is -0.350. The van der Waals surface area contributed by atoms with Crippen molar-refractivity contribution < 1.29 is 4.79 Å². The van der Waals surface area contributed by atoms with Gasteiger partial charge >= 0.3 is 0 Å². The van der Waals surface area contributed by atoms with E-state index in [1.54, 1.807) is 0 Å². The van der Waals surface area contributed by atoms with Crippen LogP contribution in [-0.4, -0.2) is 12.5 Å². The molecule has 1 amide bonds. The summed E-state index contributed by atoms with van der Waals surface area (Å²) < 4.78 is 0.895. The quantitative estimate of drug-likeness (QED) is 0.903. The highest BCUT2D eigenvalue weighted by Crippen LogP contribution is 2.47. The summed E-state index contributed by atoms with van der Waals surface area (Å²) in [6, 6.07) is 1.91. The number of hydrogen-bond donors (Lipinski definition) is 1. The third-order valence-corrected chi connectivity index (χ3v) is 4.99.